The van der Waals surface area contributed by atoms with Gasteiger partial charge in [0.15, 0.2) is 6.29 Å². The Bertz CT molecular complexity index is 378. The number of hydrogen-bond acceptors (Lipinski definition) is 4. The van der Waals surface area contributed by atoms with Gasteiger partial charge in [-0.1, -0.05) is 0 Å². The third-order valence-electron chi connectivity index (χ3n) is 1.81. The standard InChI is InChI=1S/C8H8F3N3O/c9-8(10,11)6(12)4-1-5(3-15)7(13)14-2-4/h1-3,6H,12H2,(H2,13,14). The van der Waals surface area contributed by atoms with Crippen LogP contribution < -0.4 is 11.5 Å². The molecule has 4 N–H and O–H groups in total. The number of alkyl halides is 3. The lowest BCUT2D eigenvalue weighted by Gasteiger charge is -2.15. The molecule has 0 aliphatic rings. The second kappa shape index (κ2) is 3.85. The molecule has 0 spiro atoms. The summed E-state index contributed by atoms with van der Waals surface area (Å²) in [5.74, 6) is -0.122. The lowest BCUT2D eigenvalue weighted by atomic mass is 10.1. The normalized spacial score (nSPS) is 13.6. The molecule has 1 aromatic heterocycles. The van der Waals surface area contributed by atoms with Crippen molar-refractivity contribution in [3.8, 4) is 0 Å². The number of aldehydes is 1. The van der Waals surface area contributed by atoms with Crippen LogP contribution in [0.1, 0.15) is 22.0 Å². The molecule has 4 nitrogen and oxygen atoms in total. The van der Waals surface area contributed by atoms with Gasteiger partial charge in [0.25, 0.3) is 0 Å². The second-order valence-electron chi connectivity index (χ2n) is 2.88. The second-order valence-corrected chi connectivity index (χ2v) is 2.88. The van der Waals surface area contributed by atoms with Gasteiger partial charge in [-0.25, -0.2) is 4.98 Å². The van der Waals surface area contributed by atoms with E-state index in [9.17, 15) is 18.0 Å². The Morgan fingerprint density at radius 3 is 2.53 bits per heavy atom. The van der Waals surface area contributed by atoms with Gasteiger partial charge in [-0.05, 0) is 11.6 Å². The third-order valence-corrected chi connectivity index (χ3v) is 1.81. The van der Waals surface area contributed by atoms with Crippen LogP contribution in [0.5, 0.6) is 0 Å². The Morgan fingerprint density at radius 2 is 2.07 bits per heavy atom. The van der Waals surface area contributed by atoms with Gasteiger partial charge in [0.05, 0.1) is 5.56 Å². The van der Waals surface area contributed by atoms with Gasteiger partial charge in [0.1, 0.15) is 11.9 Å². The van der Waals surface area contributed by atoms with Crippen LogP contribution in [0.4, 0.5) is 19.0 Å². The van der Waals surface area contributed by atoms with Gasteiger partial charge in [0.2, 0.25) is 0 Å². The number of pyridine rings is 1. The highest BCUT2D eigenvalue weighted by Crippen LogP contribution is 2.30. The van der Waals surface area contributed by atoms with Crippen molar-refractivity contribution in [3.05, 3.63) is 23.4 Å². The molecule has 0 saturated carbocycles. The topological polar surface area (TPSA) is 82.0 Å². The highest BCUT2D eigenvalue weighted by atomic mass is 19.4. The Hall–Kier alpha value is -1.63. The largest absolute Gasteiger partial charge is 0.407 e. The van der Waals surface area contributed by atoms with E-state index in [-0.39, 0.29) is 16.9 Å². The maximum Gasteiger partial charge on any atom is 0.407 e. The SMILES string of the molecule is Nc1ncc(C(N)C(F)(F)F)cc1C=O. The predicted molar refractivity (Wildman–Crippen MR) is 47.0 cm³/mol. The van der Waals surface area contributed by atoms with Crippen LogP contribution in [-0.4, -0.2) is 17.4 Å². The van der Waals surface area contributed by atoms with E-state index in [0.29, 0.717) is 6.29 Å². The molecule has 0 radical (unpaired) electrons. The molecule has 0 fully saturated rings. The number of rotatable bonds is 2. The van der Waals surface area contributed by atoms with Crippen LogP contribution in [0, 0.1) is 0 Å². The van der Waals surface area contributed by atoms with Gasteiger partial charge in [0, 0.05) is 6.20 Å². The molecule has 0 aliphatic heterocycles. The van der Waals surface area contributed by atoms with Crippen molar-refractivity contribution in [3.63, 3.8) is 0 Å². The first kappa shape index (κ1) is 11.4. The molecule has 1 aromatic rings. The first-order valence-electron chi connectivity index (χ1n) is 3.89. The zero-order valence-electron chi connectivity index (χ0n) is 7.45. The number of anilines is 1. The molecule has 7 heteroatoms. The molecule has 82 valence electrons. The molecular formula is C8H8F3N3O. The summed E-state index contributed by atoms with van der Waals surface area (Å²) in [5.41, 5.74) is 9.77. The van der Waals surface area contributed by atoms with E-state index >= 15 is 0 Å². The summed E-state index contributed by atoms with van der Waals surface area (Å²) in [5, 5.41) is 0. The lowest BCUT2D eigenvalue weighted by molar-refractivity contribution is -0.149. The molecule has 1 rings (SSSR count). The highest BCUT2D eigenvalue weighted by molar-refractivity contribution is 5.81. The van der Waals surface area contributed by atoms with Gasteiger partial charge in [-0.15, -0.1) is 0 Å². The first-order valence-corrected chi connectivity index (χ1v) is 3.89. The van der Waals surface area contributed by atoms with E-state index in [0.717, 1.165) is 12.3 Å². The number of hydrogen-bond donors (Lipinski definition) is 2. The van der Waals surface area contributed by atoms with Crippen LogP contribution >= 0.6 is 0 Å². The van der Waals surface area contributed by atoms with Gasteiger partial charge in [-0.2, -0.15) is 13.2 Å². The summed E-state index contributed by atoms with van der Waals surface area (Å²) in [7, 11) is 0. The zero-order chi connectivity index (χ0) is 11.6. The number of aromatic nitrogens is 1. The Labute approximate surface area is 83.1 Å². The van der Waals surface area contributed by atoms with E-state index in [2.05, 4.69) is 4.98 Å². The summed E-state index contributed by atoms with van der Waals surface area (Å²) >= 11 is 0. The monoisotopic (exact) mass is 219 g/mol. The van der Waals surface area contributed by atoms with E-state index in [1.807, 2.05) is 0 Å². The summed E-state index contributed by atoms with van der Waals surface area (Å²) in [4.78, 5) is 13.9. The summed E-state index contributed by atoms with van der Waals surface area (Å²) in [6, 6.07) is -1.18. The Kier molecular flexibility index (Phi) is 2.94. The van der Waals surface area contributed by atoms with Crippen LogP contribution in [-0.2, 0) is 0 Å². The number of carbonyl (C=O) groups is 1. The van der Waals surface area contributed by atoms with E-state index in [1.54, 1.807) is 0 Å². The molecule has 1 heterocycles. The van der Waals surface area contributed by atoms with Crippen molar-refractivity contribution in [1.82, 2.24) is 4.98 Å². The molecule has 1 unspecified atom stereocenters. The van der Waals surface area contributed by atoms with Crippen LogP contribution in [0.3, 0.4) is 0 Å². The van der Waals surface area contributed by atoms with E-state index in [4.69, 9.17) is 11.5 Å². The van der Waals surface area contributed by atoms with Crippen LogP contribution in [0.25, 0.3) is 0 Å². The predicted octanol–water partition coefficient (Wildman–Crippen LogP) is 1.04. The van der Waals surface area contributed by atoms with Crippen molar-refractivity contribution in [1.29, 1.82) is 0 Å². The molecule has 0 amide bonds. The van der Waals surface area contributed by atoms with Gasteiger partial charge >= 0.3 is 6.18 Å². The number of nitrogens with two attached hydrogens (primary N) is 2. The number of nitrogens with zero attached hydrogens (tertiary/aromatic N) is 1. The molecule has 0 aromatic carbocycles. The van der Waals surface area contributed by atoms with Crippen molar-refractivity contribution in [2.75, 3.05) is 5.73 Å². The summed E-state index contributed by atoms with van der Waals surface area (Å²) in [6.45, 7) is 0. The minimum absolute atomic E-state index is 0.104. The lowest BCUT2D eigenvalue weighted by Crippen LogP contribution is -2.28. The molecule has 0 bridgehead atoms. The molecule has 0 aliphatic carbocycles. The number of nitrogen functional groups attached to an aromatic ring is 1. The number of carbonyl (C=O) groups excluding carboxylic acids is 1. The minimum atomic E-state index is -4.57. The van der Waals surface area contributed by atoms with Crippen molar-refractivity contribution >= 4 is 12.1 Å². The van der Waals surface area contributed by atoms with E-state index in [1.165, 1.54) is 0 Å². The van der Waals surface area contributed by atoms with Gasteiger partial charge < -0.3 is 11.5 Å². The third kappa shape index (κ3) is 2.44. The van der Waals surface area contributed by atoms with Gasteiger partial charge in [-0.3, -0.25) is 4.79 Å². The fourth-order valence-corrected chi connectivity index (χ4v) is 0.963. The van der Waals surface area contributed by atoms with Crippen LogP contribution in [0.2, 0.25) is 0 Å². The number of halogens is 3. The smallest absolute Gasteiger partial charge is 0.383 e. The maximum atomic E-state index is 12.2. The fourth-order valence-electron chi connectivity index (χ4n) is 0.963. The fraction of sp³-hybridized carbons (Fsp3) is 0.250. The highest BCUT2D eigenvalue weighted by Gasteiger charge is 2.38. The molecule has 0 saturated heterocycles. The first-order chi connectivity index (χ1) is 6.86. The zero-order valence-corrected chi connectivity index (χ0v) is 7.45. The Morgan fingerprint density at radius 1 is 1.47 bits per heavy atom. The minimum Gasteiger partial charge on any atom is -0.383 e. The molecule has 1 atom stereocenters. The molecule has 15 heavy (non-hydrogen) atoms. The molecular weight excluding hydrogens is 211 g/mol. The average Bonchev–Trinajstić information content (AvgIpc) is 2.16. The summed E-state index contributed by atoms with van der Waals surface area (Å²) < 4.78 is 36.6. The van der Waals surface area contributed by atoms with Crippen molar-refractivity contribution < 1.29 is 18.0 Å². The average molecular weight is 219 g/mol. The Balaban J connectivity index is 3.11. The van der Waals surface area contributed by atoms with Crippen molar-refractivity contribution in [2.24, 2.45) is 5.73 Å². The van der Waals surface area contributed by atoms with E-state index < -0.39 is 12.2 Å². The van der Waals surface area contributed by atoms with Crippen LogP contribution in [0.15, 0.2) is 12.3 Å². The summed E-state index contributed by atoms with van der Waals surface area (Å²) in [6.07, 6.45) is -3.34. The van der Waals surface area contributed by atoms with Crippen molar-refractivity contribution in [2.45, 2.75) is 12.2 Å². The maximum absolute atomic E-state index is 12.2. The quantitative estimate of drug-likeness (QED) is 0.728.